The van der Waals surface area contributed by atoms with Crippen molar-refractivity contribution in [3.8, 4) is 0 Å². The molecule has 0 amide bonds. The second-order valence-corrected chi connectivity index (χ2v) is 3.58. The molecule has 0 saturated carbocycles. The fraction of sp³-hybridized carbons (Fsp3) is 0.333. The van der Waals surface area contributed by atoms with Crippen molar-refractivity contribution in [1.82, 2.24) is 10.3 Å². The molecule has 0 saturated heterocycles. The summed E-state index contributed by atoms with van der Waals surface area (Å²) in [5.74, 6) is 0. The van der Waals surface area contributed by atoms with Crippen LogP contribution in [0, 0.1) is 0 Å². The molecule has 2 N–H and O–H groups in total. The van der Waals surface area contributed by atoms with Gasteiger partial charge in [0.1, 0.15) is 0 Å². The highest BCUT2D eigenvalue weighted by atomic mass is 14.8. The number of aryl methyl sites for hydroxylation is 1. The molecule has 0 unspecified atom stereocenters. The Morgan fingerprint density at radius 2 is 2.21 bits per heavy atom. The van der Waals surface area contributed by atoms with Crippen molar-refractivity contribution in [2.24, 2.45) is 0 Å². The monoisotopic (exact) mass is 188 g/mol. The molecule has 2 aromatic rings. The van der Waals surface area contributed by atoms with Gasteiger partial charge < -0.3 is 10.3 Å². The van der Waals surface area contributed by atoms with Gasteiger partial charge in [0.25, 0.3) is 0 Å². The van der Waals surface area contributed by atoms with Crippen LogP contribution >= 0.6 is 0 Å². The van der Waals surface area contributed by atoms with E-state index in [1.54, 1.807) is 0 Å². The largest absolute Gasteiger partial charge is 0.361 e. The molecular formula is C12H16N2. The van der Waals surface area contributed by atoms with Gasteiger partial charge in [-0.2, -0.15) is 0 Å². The summed E-state index contributed by atoms with van der Waals surface area (Å²) in [7, 11) is 1.98. The van der Waals surface area contributed by atoms with Gasteiger partial charge >= 0.3 is 0 Å². The summed E-state index contributed by atoms with van der Waals surface area (Å²) in [4.78, 5) is 3.28. The topological polar surface area (TPSA) is 27.8 Å². The van der Waals surface area contributed by atoms with E-state index >= 15 is 0 Å². The van der Waals surface area contributed by atoms with Crippen molar-refractivity contribution in [3.63, 3.8) is 0 Å². The van der Waals surface area contributed by atoms with Crippen molar-refractivity contribution in [3.05, 3.63) is 35.5 Å². The highest BCUT2D eigenvalue weighted by molar-refractivity contribution is 5.83. The number of H-pyrrole nitrogens is 1. The number of hydrogen-bond acceptors (Lipinski definition) is 1. The Morgan fingerprint density at radius 3 is 2.93 bits per heavy atom. The zero-order chi connectivity index (χ0) is 9.97. The smallest absolute Gasteiger partial charge is 0.0499 e. The van der Waals surface area contributed by atoms with Crippen LogP contribution in [0.2, 0.25) is 0 Å². The molecule has 1 aromatic heterocycles. The maximum atomic E-state index is 3.28. The lowest BCUT2D eigenvalue weighted by molar-refractivity contribution is 0.820. The Morgan fingerprint density at radius 1 is 1.36 bits per heavy atom. The number of hydrogen-bond donors (Lipinski definition) is 2. The molecule has 0 atom stereocenters. The molecule has 1 heterocycles. The predicted molar refractivity (Wildman–Crippen MR) is 60.4 cm³/mol. The van der Waals surface area contributed by atoms with E-state index in [2.05, 4.69) is 35.4 Å². The second-order valence-electron chi connectivity index (χ2n) is 3.58. The van der Waals surface area contributed by atoms with Crippen LogP contribution in [0.25, 0.3) is 10.9 Å². The SMILES string of the molecule is CCc1cc(CNC)c2[nH]ccc2c1. The van der Waals surface area contributed by atoms with Crippen LogP contribution in [0.5, 0.6) is 0 Å². The highest BCUT2D eigenvalue weighted by Gasteiger charge is 2.03. The standard InChI is InChI=1S/C12H16N2/c1-3-9-6-10-4-5-14-12(10)11(7-9)8-13-2/h4-7,13-14H,3,8H2,1-2H3. The number of nitrogens with one attached hydrogen (secondary N) is 2. The first-order chi connectivity index (χ1) is 6.85. The van der Waals surface area contributed by atoms with E-state index < -0.39 is 0 Å². The summed E-state index contributed by atoms with van der Waals surface area (Å²) in [5.41, 5.74) is 4.02. The zero-order valence-electron chi connectivity index (χ0n) is 8.72. The van der Waals surface area contributed by atoms with Gasteiger partial charge in [-0.1, -0.05) is 13.0 Å². The highest BCUT2D eigenvalue weighted by Crippen LogP contribution is 2.20. The molecule has 14 heavy (non-hydrogen) atoms. The zero-order valence-corrected chi connectivity index (χ0v) is 8.72. The molecular weight excluding hydrogens is 172 g/mol. The molecule has 2 nitrogen and oxygen atoms in total. The van der Waals surface area contributed by atoms with Gasteiger partial charge in [-0.05, 0) is 42.1 Å². The summed E-state index contributed by atoms with van der Waals surface area (Å²) >= 11 is 0. The van der Waals surface area contributed by atoms with Crippen molar-refractivity contribution in [2.45, 2.75) is 19.9 Å². The van der Waals surface area contributed by atoms with Crippen molar-refractivity contribution >= 4 is 10.9 Å². The molecule has 0 aliphatic heterocycles. The van der Waals surface area contributed by atoms with E-state index in [9.17, 15) is 0 Å². The van der Waals surface area contributed by atoms with Crippen LogP contribution in [-0.2, 0) is 13.0 Å². The third-order valence-corrected chi connectivity index (χ3v) is 2.58. The molecule has 0 aliphatic rings. The lowest BCUT2D eigenvalue weighted by atomic mass is 10.0. The number of aromatic amines is 1. The first-order valence-electron chi connectivity index (χ1n) is 5.08. The van der Waals surface area contributed by atoms with Gasteiger partial charge in [-0.25, -0.2) is 0 Å². The molecule has 74 valence electrons. The van der Waals surface area contributed by atoms with E-state index in [-0.39, 0.29) is 0 Å². The normalized spacial score (nSPS) is 11.0. The quantitative estimate of drug-likeness (QED) is 0.760. The summed E-state index contributed by atoms with van der Waals surface area (Å²) < 4.78 is 0. The molecule has 0 fully saturated rings. The molecule has 0 radical (unpaired) electrons. The molecule has 2 heteroatoms. The molecule has 0 bridgehead atoms. The molecule has 0 spiro atoms. The van der Waals surface area contributed by atoms with Crippen LogP contribution < -0.4 is 5.32 Å². The van der Waals surface area contributed by atoms with Gasteiger partial charge in [0.2, 0.25) is 0 Å². The predicted octanol–water partition coefficient (Wildman–Crippen LogP) is 2.45. The molecule has 2 rings (SSSR count). The van der Waals surface area contributed by atoms with Gasteiger partial charge in [0.05, 0.1) is 0 Å². The number of benzene rings is 1. The maximum absolute atomic E-state index is 3.28. The van der Waals surface area contributed by atoms with E-state index in [1.165, 1.54) is 22.0 Å². The minimum Gasteiger partial charge on any atom is -0.361 e. The lowest BCUT2D eigenvalue weighted by Gasteiger charge is -2.05. The average molecular weight is 188 g/mol. The van der Waals surface area contributed by atoms with E-state index in [0.717, 1.165) is 13.0 Å². The Kier molecular flexibility index (Phi) is 2.55. The summed E-state index contributed by atoms with van der Waals surface area (Å²) in [6.45, 7) is 3.11. The average Bonchev–Trinajstić information content (AvgIpc) is 2.66. The number of rotatable bonds is 3. The van der Waals surface area contributed by atoms with Crippen LogP contribution in [0.15, 0.2) is 24.4 Å². The second kappa shape index (κ2) is 3.84. The van der Waals surface area contributed by atoms with Gasteiger partial charge in [-0.15, -0.1) is 0 Å². The van der Waals surface area contributed by atoms with Crippen molar-refractivity contribution < 1.29 is 0 Å². The summed E-state index contributed by atoms with van der Waals surface area (Å²) in [6.07, 6.45) is 3.10. The van der Waals surface area contributed by atoms with E-state index in [4.69, 9.17) is 0 Å². The Balaban J connectivity index is 2.58. The van der Waals surface area contributed by atoms with E-state index in [0.29, 0.717) is 0 Å². The minimum atomic E-state index is 0.921. The van der Waals surface area contributed by atoms with Crippen molar-refractivity contribution in [2.75, 3.05) is 7.05 Å². The van der Waals surface area contributed by atoms with Crippen molar-refractivity contribution in [1.29, 1.82) is 0 Å². The number of fused-ring (bicyclic) bond motifs is 1. The van der Waals surface area contributed by atoms with Crippen LogP contribution in [0.1, 0.15) is 18.1 Å². The third kappa shape index (κ3) is 1.53. The Labute approximate surface area is 84.3 Å². The van der Waals surface area contributed by atoms with E-state index in [1.807, 2.05) is 13.2 Å². The van der Waals surface area contributed by atoms with Crippen LogP contribution in [-0.4, -0.2) is 12.0 Å². The van der Waals surface area contributed by atoms with Gasteiger partial charge in [-0.3, -0.25) is 0 Å². The lowest BCUT2D eigenvalue weighted by Crippen LogP contribution is -2.06. The maximum Gasteiger partial charge on any atom is 0.0499 e. The summed E-state index contributed by atoms with van der Waals surface area (Å²) in [6, 6.07) is 6.66. The van der Waals surface area contributed by atoms with Crippen LogP contribution in [0.3, 0.4) is 0 Å². The minimum absolute atomic E-state index is 0.921. The Hall–Kier alpha value is -1.28. The van der Waals surface area contributed by atoms with Crippen LogP contribution in [0.4, 0.5) is 0 Å². The fourth-order valence-electron chi connectivity index (χ4n) is 1.85. The number of aromatic nitrogens is 1. The van der Waals surface area contributed by atoms with Gasteiger partial charge in [0.15, 0.2) is 0 Å². The third-order valence-electron chi connectivity index (χ3n) is 2.58. The molecule has 0 aliphatic carbocycles. The first-order valence-corrected chi connectivity index (χ1v) is 5.08. The fourth-order valence-corrected chi connectivity index (χ4v) is 1.85. The molecule has 1 aromatic carbocycles. The Bertz CT molecular complexity index is 429. The summed E-state index contributed by atoms with van der Waals surface area (Å²) in [5, 5.41) is 4.51. The first kappa shape index (κ1) is 9.28. The van der Waals surface area contributed by atoms with Gasteiger partial charge in [0, 0.05) is 18.3 Å².